The Hall–Kier alpha value is -1.70. The van der Waals surface area contributed by atoms with Gasteiger partial charge in [0.2, 0.25) is 0 Å². The van der Waals surface area contributed by atoms with Crippen molar-refractivity contribution in [3.05, 3.63) is 37.4 Å². The number of hydrogen-bond donors (Lipinski definition) is 0. The lowest BCUT2D eigenvalue weighted by molar-refractivity contribution is 0.312. The average Bonchev–Trinajstić information content (AvgIpc) is 2.87. The molecule has 2 aliphatic carbocycles. The van der Waals surface area contributed by atoms with E-state index in [0.717, 1.165) is 17.1 Å². The largest absolute Gasteiger partial charge is 0.486 e. The zero-order valence-corrected chi connectivity index (χ0v) is 7.95. The van der Waals surface area contributed by atoms with Crippen LogP contribution < -0.4 is 9.47 Å². The van der Waals surface area contributed by atoms with E-state index in [4.69, 9.17) is 9.47 Å². The predicted molar refractivity (Wildman–Crippen MR) is 56.8 cm³/mol. The lowest BCUT2D eigenvalue weighted by Gasteiger charge is -2.06. The summed E-state index contributed by atoms with van der Waals surface area (Å²) in [6.45, 7) is 8.22. The summed E-state index contributed by atoms with van der Waals surface area (Å²) >= 11 is 0. The molecule has 2 rings (SSSR count). The molecule has 0 saturated carbocycles. The lowest BCUT2D eigenvalue weighted by atomic mass is 10.4. The van der Waals surface area contributed by atoms with Crippen LogP contribution in [0.5, 0.6) is 11.5 Å². The maximum absolute atomic E-state index is 5.50. The first kappa shape index (κ1) is 8.88. The van der Waals surface area contributed by atoms with Gasteiger partial charge in [-0.05, 0) is 17.7 Å². The third-order valence-electron chi connectivity index (χ3n) is 1.98. The van der Waals surface area contributed by atoms with Crippen LogP contribution in [0.15, 0.2) is 37.4 Å². The standard InChI is InChI=1S/C12H12O2/c1-3-5-13-11-8-9-7-10(9)12(11)14-6-4-2/h3-4,7-8H,1-2,5-6H2. The van der Waals surface area contributed by atoms with Crippen LogP contribution in [0.1, 0.15) is 0 Å². The average molecular weight is 188 g/mol. The molecule has 2 nitrogen and oxygen atoms in total. The summed E-state index contributed by atoms with van der Waals surface area (Å²) in [5, 5.41) is 0. The minimum Gasteiger partial charge on any atom is -0.486 e. The molecule has 0 aromatic rings. The van der Waals surface area contributed by atoms with E-state index < -0.39 is 0 Å². The molecule has 0 unspecified atom stereocenters. The molecule has 0 spiro atoms. The molecular formula is C12H12O2. The third-order valence-corrected chi connectivity index (χ3v) is 1.98. The first-order valence-electron chi connectivity index (χ1n) is 4.52. The Labute approximate surface area is 83.5 Å². The summed E-state index contributed by atoms with van der Waals surface area (Å²) in [6.07, 6.45) is 3.44. The molecule has 2 heteroatoms. The van der Waals surface area contributed by atoms with E-state index in [1.54, 1.807) is 12.2 Å². The number of ether oxygens (including phenoxy) is 2. The van der Waals surface area contributed by atoms with Gasteiger partial charge in [-0.15, -0.1) is 0 Å². The SMILES string of the molecule is C=CCOc1cc2cc-2c1OCC=C. The summed E-state index contributed by atoms with van der Waals surface area (Å²) in [4.78, 5) is 0. The molecule has 0 atom stereocenters. The smallest absolute Gasteiger partial charge is 0.169 e. The van der Waals surface area contributed by atoms with Crippen molar-refractivity contribution < 1.29 is 9.47 Å². The molecule has 0 aromatic heterocycles. The zero-order chi connectivity index (χ0) is 9.97. The Bertz CT molecular complexity index is 380. The van der Waals surface area contributed by atoms with Crippen molar-refractivity contribution in [3.63, 3.8) is 0 Å². The highest BCUT2D eigenvalue weighted by Gasteiger charge is 2.25. The molecule has 14 heavy (non-hydrogen) atoms. The zero-order valence-electron chi connectivity index (χ0n) is 7.95. The van der Waals surface area contributed by atoms with E-state index in [1.165, 1.54) is 5.56 Å². The van der Waals surface area contributed by atoms with Gasteiger partial charge >= 0.3 is 0 Å². The molecule has 0 aliphatic heterocycles. The molecule has 0 aromatic carbocycles. The van der Waals surface area contributed by atoms with Gasteiger partial charge in [-0.3, -0.25) is 0 Å². The van der Waals surface area contributed by atoms with Gasteiger partial charge in [-0.1, -0.05) is 25.3 Å². The van der Waals surface area contributed by atoms with E-state index in [9.17, 15) is 0 Å². The van der Waals surface area contributed by atoms with Crippen molar-refractivity contribution >= 4 is 0 Å². The van der Waals surface area contributed by atoms with E-state index >= 15 is 0 Å². The number of rotatable bonds is 6. The Balaban J connectivity index is 2.08. The minimum absolute atomic E-state index is 0.507. The summed E-state index contributed by atoms with van der Waals surface area (Å²) in [5.74, 6) is 1.64. The molecular weight excluding hydrogens is 176 g/mol. The molecule has 0 amide bonds. The van der Waals surface area contributed by atoms with Crippen LogP contribution in [0.4, 0.5) is 0 Å². The van der Waals surface area contributed by atoms with Gasteiger partial charge in [0.1, 0.15) is 13.2 Å². The van der Waals surface area contributed by atoms with Gasteiger partial charge in [0.05, 0.1) is 0 Å². The molecule has 0 radical (unpaired) electrons. The van der Waals surface area contributed by atoms with E-state index in [-0.39, 0.29) is 0 Å². The van der Waals surface area contributed by atoms with Crippen LogP contribution in [0, 0.1) is 0 Å². The van der Waals surface area contributed by atoms with Gasteiger partial charge in [-0.2, -0.15) is 0 Å². The second kappa shape index (κ2) is 3.58. The highest BCUT2D eigenvalue weighted by Crippen LogP contribution is 2.51. The molecule has 72 valence electrons. The van der Waals surface area contributed by atoms with Crippen molar-refractivity contribution in [3.8, 4) is 22.6 Å². The summed E-state index contributed by atoms with van der Waals surface area (Å²) in [5.41, 5.74) is 2.37. The Morgan fingerprint density at radius 2 is 1.79 bits per heavy atom. The third kappa shape index (κ3) is 1.51. The molecule has 0 heterocycles. The molecule has 0 N–H and O–H groups in total. The molecule has 0 saturated heterocycles. The van der Waals surface area contributed by atoms with Crippen LogP contribution in [0.25, 0.3) is 11.1 Å². The number of benzene rings is 1. The second-order valence-corrected chi connectivity index (χ2v) is 3.05. The van der Waals surface area contributed by atoms with Gasteiger partial charge in [0.25, 0.3) is 0 Å². The molecule has 0 fully saturated rings. The lowest BCUT2D eigenvalue weighted by Crippen LogP contribution is -1.96. The first-order chi connectivity index (χ1) is 6.86. The quantitative estimate of drug-likeness (QED) is 0.649. The van der Waals surface area contributed by atoms with Crippen LogP contribution in [-0.2, 0) is 0 Å². The maximum Gasteiger partial charge on any atom is 0.169 e. The van der Waals surface area contributed by atoms with Crippen LogP contribution in [0.3, 0.4) is 0 Å². The van der Waals surface area contributed by atoms with Crippen LogP contribution in [-0.4, -0.2) is 13.2 Å². The highest BCUT2D eigenvalue weighted by atomic mass is 16.5. The topological polar surface area (TPSA) is 18.5 Å². The normalized spacial score (nSPS) is 10.6. The van der Waals surface area contributed by atoms with E-state index in [2.05, 4.69) is 19.2 Å². The van der Waals surface area contributed by atoms with Crippen LogP contribution in [0.2, 0.25) is 0 Å². The molecule has 0 bridgehead atoms. The maximum atomic E-state index is 5.50. The van der Waals surface area contributed by atoms with Crippen molar-refractivity contribution in [1.82, 2.24) is 0 Å². The number of hydrogen-bond acceptors (Lipinski definition) is 2. The number of fused-ring (bicyclic) bond motifs is 1. The van der Waals surface area contributed by atoms with Crippen molar-refractivity contribution in [2.75, 3.05) is 13.2 Å². The summed E-state index contributed by atoms with van der Waals surface area (Å²) in [7, 11) is 0. The monoisotopic (exact) mass is 188 g/mol. The molecule has 2 aliphatic rings. The Morgan fingerprint density at radius 1 is 1.07 bits per heavy atom. The van der Waals surface area contributed by atoms with Crippen LogP contribution >= 0.6 is 0 Å². The van der Waals surface area contributed by atoms with Crippen molar-refractivity contribution in [2.45, 2.75) is 0 Å². The van der Waals surface area contributed by atoms with Gasteiger partial charge in [-0.25, -0.2) is 0 Å². The van der Waals surface area contributed by atoms with Gasteiger partial charge in [0, 0.05) is 5.56 Å². The minimum atomic E-state index is 0.507. The predicted octanol–water partition coefficient (Wildman–Crippen LogP) is 2.80. The van der Waals surface area contributed by atoms with Crippen molar-refractivity contribution in [2.24, 2.45) is 0 Å². The van der Waals surface area contributed by atoms with E-state index in [1.807, 2.05) is 6.07 Å². The first-order valence-corrected chi connectivity index (χ1v) is 4.52. The second-order valence-electron chi connectivity index (χ2n) is 3.05. The van der Waals surface area contributed by atoms with Crippen molar-refractivity contribution in [1.29, 1.82) is 0 Å². The fraction of sp³-hybridized carbons (Fsp3) is 0.167. The highest BCUT2D eigenvalue weighted by molar-refractivity contribution is 5.91. The fourth-order valence-corrected chi connectivity index (χ4v) is 1.32. The van der Waals surface area contributed by atoms with Gasteiger partial charge in [0.15, 0.2) is 11.5 Å². The summed E-state index contributed by atoms with van der Waals surface area (Å²) in [6, 6.07) is 4.05. The fourth-order valence-electron chi connectivity index (χ4n) is 1.32. The Morgan fingerprint density at radius 3 is 2.50 bits per heavy atom. The van der Waals surface area contributed by atoms with Gasteiger partial charge < -0.3 is 9.47 Å². The Kier molecular flexibility index (Phi) is 2.27. The summed E-state index contributed by atoms with van der Waals surface area (Å²) < 4.78 is 10.9. The van der Waals surface area contributed by atoms with E-state index in [0.29, 0.717) is 13.2 Å².